The third kappa shape index (κ3) is 3.83. The summed E-state index contributed by atoms with van der Waals surface area (Å²) in [5, 5.41) is 10.7. The van der Waals surface area contributed by atoms with Crippen molar-refractivity contribution < 1.29 is 32.4 Å². The monoisotopic (exact) mass is 279 g/mol. The molecule has 19 heavy (non-hydrogen) atoms. The summed E-state index contributed by atoms with van der Waals surface area (Å²) in [5.74, 6) is -1.25. The zero-order valence-electron chi connectivity index (χ0n) is 9.56. The van der Waals surface area contributed by atoms with E-state index in [-0.39, 0.29) is 0 Å². The molecular weight excluding hydrogens is 271 g/mol. The molecule has 0 unspecified atom stereocenters. The molecule has 0 spiro atoms. The van der Waals surface area contributed by atoms with E-state index in [1.807, 2.05) is 0 Å². The Hall–Kier alpha value is -2.32. The number of carbonyl (C=O) groups excluding carboxylic acids is 1. The molecule has 0 aliphatic heterocycles. The Balaban J connectivity index is 3.05. The first-order valence-corrected chi connectivity index (χ1v) is 4.81. The maximum Gasteiger partial charge on any atom is 0.416 e. The summed E-state index contributed by atoms with van der Waals surface area (Å²) in [7, 11) is 1.08. The highest BCUT2D eigenvalue weighted by molar-refractivity contribution is 5.71. The average molecular weight is 279 g/mol. The van der Waals surface area contributed by atoms with Gasteiger partial charge in [-0.05, 0) is 12.1 Å². The smallest absolute Gasteiger partial charge is 0.416 e. The first kappa shape index (κ1) is 14.7. The summed E-state index contributed by atoms with van der Waals surface area (Å²) in [5.41, 5.74) is -2.05. The molecule has 0 bridgehead atoms. The van der Waals surface area contributed by atoms with Crippen molar-refractivity contribution in [3.8, 4) is 5.75 Å². The zero-order chi connectivity index (χ0) is 14.6. The predicted octanol–water partition coefficient (Wildman–Crippen LogP) is 2.17. The third-order valence-corrected chi connectivity index (χ3v) is 2.06. The third-order valence-electron chi connectivity index (χ3n) is 2.06. The fourth-order valence-electron chi connectivity index (χ4n) is 1.15. The minimum absolute atomic E-state index is 0.340. The van der Waals surface area contributed by atoms with Gasteiger partial charge in [0.1, 0.15) is 0 Å². The normalized spacial score (nSPS) is 10.9. The molecule has 0 aromatic heterocycles. The summed E-state index contributed by atoms with van der Waals surface area (Å²) in [6.07, 6.45) is -4.70. The fourth-order valence-corrected chi connectivity index (χ4v) is 1.15. The number of nitro benzene ring substituents is 1. The van der Waals surface area contributed by atoms with E-state index in [4.69, 9.17) is 4.74 Å². The maximum atomic E-state index is 12.4. The molecule has 1 rings (SSSR count). The molecule has 104 valence electrons. The quantitative estimate of drug-likeness (QED) is 0.479. The van der Waals surface area contributed by atoms with Gasteiger partial charge in [-0.2, -0.15) is 13.2 Å². The van der Waals surface area contributed by atoms with Gasteiger partial charge in [0.25, 0.3) is 0 Å². The Morgan fingerprint density at radius 3 is 2.53 bits per heavy atom. The van der Waals surface area contributed by atoms with Crippen LogP contribution < -0.4 is 4.74 Å². The summed E-state index contributed by atoms with van der Waals surface area (Å²) < 4.78 is 46.2. The van der Waals surface area contributed by atoms with Crippen molar-refractivity contribution >= 4 is 11.7 Å². The number of ether oxygens (including phenoxy) is 2. The summed E-state index contributed by atoms with van der Waals surface area (Å²) >= 11 is 0. The molecule has 0 N–H and O–H groups in total. The highest BCUT2D eigenvalue weighted by Gasteiger charge is 2.33. The number of nitro groups is 1. The van der Waals surface area contributed by atoms with E-state index in [2.05, 4.69) is 4.74 Å². The zero-order valence-corrected chi connectivity index (χ0v) is 9.56. The van der Waals surface area contributed by atoms with E-state index in [9.17, 15) is 28.1 Å². The molecule has 0 heterocycles. The maximum absolute atomic E-state index is 12.4. The second-order valence-electron chi connectivity index (χ2n) is 3.30. The Labute approximate surface area is 104 Å². The van der Waals surface area contributed by atoms with Crippen molar-refractivity contribution in [1.82, 2.24) is 0 Å². The molecule has 1 aromatic carbocycles. The first-order valence-electron chi connectivity index (χ1n) is 4.81. The fraction of sp³-hybridized carbons (Fsp3) is 0.300. The number of alkyl halides is 3. The number of nitrogens with zero attached hydrogens (tertiary/aromatic N) is 1. The second kappa shape index (κ2) is 5.55. The van der Waals surface area contributed by atoms with E-state index in [0.29, 0.717) is 12.1 Å². The SMILES string of the molecule is COC(=O)COc1ccc(C(F)(F)F)cc1[N+](=O)[O-]. The Morgan fingerprint density at radius 1 is 1.42 bits per heavy atom. The van der Waals surface area contributed by atoms with Gasteiger partial charge in [0.15, 0.2) is 12.4 Å². The number of esters is 1. The molecule has 0 saturated heterocycles. The van der Waals surface area contributed by atoms with Crippen LogP contribution in [0, 0.1) is 10.1 Å². The van der Waals surface area contributed by atoms with Gasteiger partial charge < -0.3 is 9.47 Å². The van der Waals surface area contributed by atoms with Crippen LogP contribution in [-0.4, -0.2) is 24.6 Å². The summed E-state index contributed by atoms with van der Waals surface area (Å²) in [4.78, 5) is 20.4. The van der Waals surface area contributed by atoms with Gasteiger partial charge in [-0.25, -0.2) is 4.79 Å². The van der Waals surface area contributed by atoms with E-state index in [1.54, 1.807) is 0 Å². The van der Waals surface area contributed by atoms with Crippen LogP contribution in [0.15, 0.2) is 18.2 Å². The van der Waals surface area contributed by atoms with Gasteiger partial charge in [0, 0.05) is 6.07 Å². The highest BCUT2D eigenvalue weighted by atomic mass is 19.4. The largest absolute Gasteiger partial charge is 0.475 e. The Kier molecular flexibility index (Phi) is 4.30. The predicted molar refractivity (Wildman–Crippen MR) is 55.6 cm³/mol. The van der Waals surface area contributed by atoms with E-state index in [1.165, 1.54) is 0 Å². The minimum atomic E-state index is -4.70. The first-order chi connectivity index (χ1) is 8.75. The summed E-state index contributed by atoms with van der Waals surface area (Å²) in [6, 6.07) is 1.75. The molecule has 0 atom stereocenters. The standard InChI is InChI=1S/C10H8F3NO5/c1-18-9(15)5-19-8-3-2-6(10(11,12)13)4-7(8)14(16)17/h2-4H,5H2,1H3. The number of benzene rings is 1. The van der Waals surface area contributed by atoms with E-state index < -0.39 is 40.7 Å². The molecule has 0 aliphatic rings. The van der Waals surface area contributed by atoms with Crippen LogP contribution in [0.5, 0.6) is 5.75 Å². The molecule has 0 fully saturated rings. The molecule has 9 heteroatoms. The average Bonchev–Trinajstić information content (AvgIpc) is 2.34. The lowest BCUT2D eigenvalue weighted by Crippen LogP contribution is -2.13. The van der Waals surface area contributed by atoms with Crippen molar-refractivity contribution in [3.05, 3.63) is 33.9 Å². The number of hydrogen-bond acceptors (Lipinski definition) is 5. The van der Waals surface area contributed by atoms with Crippen LogP contribution in [0.2, 0.25) is 0 Å². The van der Waals surface area contributed by atoms with Gasteiger partial charge in [0.05, 0.1) is 17.6 Å². The highest BCUT2D eigenvalue weighted by Crippen LogP contribution is 2.35. The number of halogens is 3. The van der Waals surface area contributed by atoms with Crippen LogP contribution >= 0.6 is 0 Å². The Bertz CT molecular complexity index is 500. The summed E-state index contributed by atoms with van der Waals surface area (Å²) in [6.45, 7) is -0.636. The number of rotatable bonds is 4. The van der Waals surface area contributed by atoms with Crippen LogP contribution in [-0.2, 0) is 15.7 Å². The van der Waals surface area contributed by atoms with Crippen LogP contribution in [0.3, 0.4) is 0 Å². The number of hydrogen-bond donors (Lipinski definition) is 0. The molecule has 0 aliphatic carbocycles. The molecule has 1 aromatic rings. The lowest BCUT2D eigenvalue weighted by Gasteiger charge is -2.09. The van der Waals surface area contributed by atoms with Crippen molar-refractivity contribution in [3.63, 3.8) is 0 Å². The van der Waals surface area contributed by atoms with Gasteiger partial charge in [0.2, 0.25) is 0 Å². The number of methoxy groups -OCH3 is 1. The van der Waals surface area contributed by atoms with Gasteiger partial charge >= 0.3 is 17.8 Å². The van der Waals surface area contributed by atoms with Crippen molar-refractivity contribution in [1.29, 1.82) is 0 Å². The molecular formula is C10H8F3NO5. The molecule has 6 nitrogen and oxygen atoms in total. The second-order valence-corrected chi connectivity index (χ2v) is 3.30. The van der Waals surface area contributed by atoms with Gasteiger partial charge in [-0.15, -0.1) is 0 Å². The minimum Gasteiger partial charge on any atom is -0.475 e. The topological polar surface area (TPSA) is 78.7 Å². The molecule has 0 radical (unpaired) electrons. The molecule has 0 amide bonds. The van der Waals surface area contributed by atoms with Crippen molar-refractivity contribution in [2.75, 3.05) is 13.7 Å². The lowest BCUT2D eigenvalue weighted by atomic mass is 10.2. The van der Waals surface area contributed by atoms with Crippen LogP contribution in [0.1, 0.15) is 5.56 Å². The van der Waals surface area contributed by atoms with Gasteiger partial charge in [-0.3, -0.25) is 10.1 Å². The van der Waals surface area contributed by atoms with Crippen LogP contribution in [0.25, 0.3) is 0 Å². The van der Waals surface area contributed by atoms with Crippen LogP contribution in [0.4, 0.5) is 18.9 Å². The van der Waals surface area contributed by atoms with E-state index in [0.717, 1.165) is 13.2 Å². The number of carbonyl (C=O) groups is 1. The van der Waals surface area contributed by atoms with Crippen molar-refractivity contribution in [2.24, 2.45) is 0 Å². The van der Waals surface area contributed by atoms with E-state index >= 15 is 0 Å². The Morgan fingerprint density at radius 2 is 2.05 bits per heavy atom. The van der Waals surface area contributed by atoms with Crippen molar-refractivity contribution in [2.45, 2.75) is 6.18 Å². The van der Waals surface area contributed by atoms with Gasteiger partial charge in [-0.1, -0.05) is 0 Å². The lowest BCUT2D eigenvalue weighted by molar-refractivity contribution is -0.386. The molecule has 0 saturated carbocycles.